The van der Waals surface area contributed by atoms with Crippen molar-refractivity contribution in [3.8, 4) is 11.3 Å². The van der Waals surface area contributed by atoms with Crippen LogP contribution in [0.15, 0.2) is 48.8 Å². The molecule has 0 atom stereocenters. The SMILES string of the molecule is CCNCc1cc(F)ccc1-c1cccc2nccn12. The van der Waals surface area contributed by atoms with Crippen molar-refractivity contribution in [2.24, 2.45) is 0 Å². The Morgan fingerprint density at radius 2 is 2.15 bits per heavy atom. The third kappa shape index (κ3) is 2.30. The van der Waals surface area contributed by atoms with Gasteiger partial charge in [-0.05, 0) is 42.4 Å². The minimum atomic E-state index is -0.209. The molecule has 3 nitrogen and oxygen atoms in total. The van der Waals surface area contributed by atoms with Gasteiger partial charge in [0.25, 0.3) is 0 Å². The van der Waals surface area contributed by atoms with Crippen LogP contribution < -0.4 is 5.32 Å². The summed E-state index contributed by atoms with van der Waals surface area (Å²) in [6.45, 7) is 3.54. The zero-order valence-electron chi connectivity index (χ0n) is 11.3. The van der Waals surface area contributed by atoms with Crippen molar-refractivity contribution in [3.05, 3.63) is 60.2 Å². The van der Waals surface area contributed by atoms with Gasteiger partial charge < -0.3 is 5.32 Å². The lowest BCUT2D eigenvalue weighted by Gasteiger charge is -2.12. The van der Waals surface area contributed by atoms with Crippen LogP contribution in [0.3, 0.4) is 0 Å². The summed E-state index contributed by atoms with van der Waals surface area (Å²) in [6.07, 6.45) is 3.69. The first-order valence-corrected chi connectivity index (χ1v) is 6.71. The third-order valence-electron chi connectivity index (χ3n) is 3.34. The van der Waals surface area contributed by atoms with Crippen LogP contribution >= 0.6 is 0 Å². The van der Waals surface area contributed by atoms with Crippen LogP contribution in [0.4, 0.5) is 4.39 Å². The number of aromatic nitrogens is 2. The molecule has 0 saturated heterocycles. The van der Waals surface area contributed by atoms with Crippen molar-refractivity contribution in [2.75, 3.05) is 6.54 Å². The molecule has 20 heavy (non-hydrogen) atoms. The van der Waals surface area contributed by atoms with Gasteiger partial charge in [0.2, 0.25) is 0 Å². The quantitative estimate of drug-likeness (QED) is 0.787. The molecule has 0 radical (unpaired) electrons. The molecule has 0 saturated carbocycles. The number of nitrogens with one attached hydrogen (secondary N) is 1. The van der Waals surface area contributed by atoms with Crippen molar-refractivity contribution in [3.63, 3.8) is 0 Å². The van der Waals surface area contributed by atoms with E-state index in [0.717, 1.165) is 29.0 Å². The predicted octanol–water partition coefficient (Wildman–Crippen LogP) is 3.25. The van der Waals surface area contributed by atoms with Gasteiger partial charge in [-0.3, -0.25) is 4.40 Å². The van der Waals surface area contributed by atoms with Crippen LogP contribution in [0, 0.1) is 5.82 Å². The summed E-state index contributed by atoms with van der Waals surface area (Å²) in [4.78, 5) is 4.29. The zero-order chi connectivity index (χ0) is 13.9. The van der Waals surface area contributed by atoms with Gasteiger partial charge in [-0.2, -0.15) is 0 Å². The van der Waals surface area contributed by atoms with E-state index in [1.165, 1.54) is 6.07 Å². The van der Waals surface area contributed by atoms with Gasteiger partial charge in [0.15, 0.2) is 0 Å². The monoisotopic (exact) mass is 269 g/mol. The fraction of sp³-hybridized carbons (Fsp3) is 0.188. The van der Waals surface area contributed by atoms with E-state index in [0.29, 0.717) is 6.54 Å². The van der Waals surface area contributed by atoms with Crippen LogP contribution in [0.25, 0.3) is 16.9 Å². The van der Waals surface area contributed by atoms with Crippen LogP contribution in [0.2, 0.25) is 0 Å². The Bertz CT molecular complexity index is 733. The second-order valence-corrected chi connectivity index (χ2v) is 4.65. The molecule has 0 spiro atoms. The number of nitrogens with zero attached hydrogens (tertiary/aromatic N) is 2. The summed E-state index contributed by atoms with van der Waals surface area (Å²) >= 11 is 0. The van der Waals surface area contributed by atoms with E-state index in [9.17, 15) is 4.39 Å². The molecule has 4 heteroatoms. The molecular formula is C16H16FN3. The maximum atomic E-state index is 13.5. The minimum Gasteiger partial charge on any atom is -0.313 e. The van der Waals surface area contributed by atoms with Gasteiger partial charge in [-0.15, -0.1) is 0 Å². The lowest BCUT2D eigenvalue weighted by molar-refractivity contribution is 0.622. The first-order valence-electron chi connectivity index (χ1n) is 6.71. The average molecular weight is 269 g/mol. The normalized spacial score (nSPS) is 11.1. The molecule has 0 fully saturated rings. The summed E-state index contributed by atoms with van der Waals surface area (Å²) in [6, 6.07) is 10.9. The lowest BCUT2D eigenvalue weighted by Crippen LogP contribution is -2.13. The van der Waals surface area contributed by atoms with Crippen LogP contribution in [-0.2, 0) is 6.54 Å². The Morgan fingerprint density at radius 1 is 1.25 bits per heavy atom. The average Bonchev–Trinajstić information content (AvgIpc) is 2.94. The Labute approximate surface area is 117 Å². The zero-order valence-corrected chi connectivity index (χ0v) is 11.3. The number of rotatable bonds is 4. The first kappa shape index (κ1) is 12.8. The molecule has 0 aliphatic heterocycles. The van der Waals surface area contributed by atoms with Crippen LogP contribution in [0.1, 0.15) is 12.5 Å². The van der Waals surface area contributed by atoms with Crippen LogP contribution in [0.5, 0.6) is 0 Å². The molecule has 3 aromatic rings. The van der Waals surface area contributed by atoms with Gasteiger partial charge >= 0.3 is 0 Å². The van der Waals surface area contributed by atoms with E-state index < -0.39 is 0 Å². The first-order chi connectivity index (χ1) is 9.79. The van der Waals surface area contributed by atoms with Crippen molar-refractivity contribution in [2.45, 2.75) is 13.5 Å². The minimum absolute atomic E-state index is 0.209. The molecular weight excluding hydrogens is 253 g/mol. The summed E-state index contributed by atoms with van der Waals surface area (Å²) < 4.78 is 15.5. The summed E-state index contributed by atoms with van der Waals surface area (Å²) in [5.41, 5.74) is 3.89. The number of benzene rings is 1. The predicted molar refractivity (Wildman–Crippen MR) is 78.0 cm³/mol. The van der Waals surface area contributed by atoms with Gasteiger partial charge in [0.1, 0.15) is 11.5 Å². The van der Waals surface area contributed by atoms with E-state index in [4.69, 9.17) is 0 Å². The number of halogens is 1. The maximum absolute atomic E-state index is 13.5. The Balaban J connectivity index is 2.15. The Hall–Kier alpha value is -2.20. The second kappa shape index (κ2) is 5.43. The van der Waals surface area contributed by atoms with Gasteiger partial charge in [-0.1, -0.05) is 13.0 Å². The molecule has 1 N–H and O–H groups in total. The highest BCUT2D eigenvalue weighted by atomic mass is 19.1. The van der Waals surface area contributed by atoms with Crippen LogP contribution in [-0.4, -0.2) is 15.9 Å². The maximum Gasteiger partial charge on any atom is 0.137 e. The van der Waals surface area contributed by atoms with Crippen molar-refractivity contribution >= 4 is 5.65 Å². The van der Waals surface area contributed by atoms with E-state index in [1.54, 1.807) is 12.3 Å². The summed E-state index contributed by atoms with van der Waals surface area (Å²) in [5, 5.41) is 3.25. The molecule has 2 aromatic heterocycles. The number of fused-ring (bicyclic) bond motifs is 1. The van der Waals surface area contributed by atoms with Crippen molar-refractivity contribution < 1.29 is 4.39 Å². The number of pyridine rings is 1. The number of imidazole rings is 1. The van der Waals surface area contributed by atoms with Gasteiger partial charge in [-0.25, -0.2) is 9.37 Å². The number of hydrogen-bond acceptors (Lipinski definition) is 2. The Kier molecular flexibility index (Phi) is 3.48. The topological polar surface area (TPSA) is 29.3 Å². The highest BCUT2D eigenvalue weighted by Crippen LogP contribution is 2.25. The van der Waals surface area contributed by atoms with Gasteiger partial charge in [0.05, 0.1) is 5.69 Å². The van der Waals surface area contributed by atoms with E-state index in [-0.39, 0.29) is 5.82 Å². The molecule has 3 rings (SSSR count). The molecule has 0 bridgehead atoms. The molecule has 2 heterocycles. The highest BCUT2D eigenvalue weighted by Gasteiger charge is 2.09. The second-order valence-electron chi connectivity index (χ2n) is 4.65. The fourth-order valence-corrected chi connectivity index (χ4v) is 2.39. The molecule has 102 valence electrons. The Morgan fingerprint density at radius 3 is 3.00 bits per heavy atom. The fourth-order valence-electron chi connectivity index (χ4n) is 2.39. The van der Waals surface area contributed by atoms with E-state index >= 15 is 0 Å². The number of hydrogen-bond donors (Lipinski definition) is 1. The lowest BCUT2D eigenvalue weighted by atomic mass is 10.0. The summed E-state index contributed by atoms with van der Waals surface area (Å²) in [7, 11) is 0. The molecule has 1 aromatic carbocycles. The molecule has 0 unspecified atom stereocenters. The van der Waals surface area contributed by atoms with E-state index in [2.05, 4.69) is 10.3 Å². The van der Waals surface area contributed by atoms with Crippen molar-refractivity contribution in [1.82, 2.24) is 14.7 Å². The third-order valence-corrected chi connectivity index (χ3v) is 3.34. The van der Waals surface area contributed by atoms with Crippen molar-refractivity contribution in [1.29, 1.82) is 0 Å². The van der Waals surface area contributed by atoms with Gasteiger partial charge in [0, 0.05) is 24.5 Å². The highest BCUT2D eigenvalue weighted by molar-refractivity contribution is 5.67. The van der Waals surface area contributed by atoms with E-state index in [1.807, 2.05) is 41.8 Å². The standard InChI is InChI=1S/C16H16FN3/c1-2-18-11-12-10-13(17)6-7-14(12)15-4-3-5-16-19-8-9-20(15)16/h3-10,18H,2,11H2,1H3. The molecule has 0 aliphatic carbocycles. The smallest absolute Gasteiger partial charge is 0.137 e. The molecule has 0 amide bonds. The summed E-state index contributed by atoms with van der Waals surface area (Å²) in [5.74, 6) is -0.209. The largest absolute Gasteiger partial charge is 0.313 e. The molecule has 0 aliphatic rings.